The van der Waals surface area contributed by atoms with Crippen molar-refractivity contribution in [3.8, 4) is 0 Å². The van der Waals surface area contributed by atoms with Gasteiger partial charge in [0.2, 0.25) is 5.91 Å². The highest BCUT2D eigenvalue weighted by molar-refractivity contribution is 5.76. The summed E-state index contributed by atoms with van der Waals surface area (Å²) < 4.78 is 5.42. The molecule has 1 aromatic rings. The van der Waals surface area contributed by atoms with E-state index in [9.17, 15) is 9.90 Å². The van der Waals surface area contributed by atoms with Crippen molar-refractivity contribution in [1.29, 1.82) is 0 Å². The molecule has 1 saturated carbocycles. The van der Waals surface area contributed by atoms with Crippen LogP contribution in [0.2, 0.25) is 0 Å². The summed E-state index contributed by atoms with van der Waals surface area (Å²) in [6.45, 7) is 4.23. The molecule has 21 heavy (non-hydrogen) atoms. The van der Waals surface area contributed by atoms with Crippen LogP contribution in [-0.4, -0.2) is 17.6 Å². The third kappa shape index (κ3) is 4.88. The molecule has 118 valence electrons. The van der Waals surface area contributed by atoms with Crippen LogP contribution in [0.3, 0.4) is 0 Å². The number of hydrogen-bond acceptors (Lipinski definition) is 3. The first-order chi connectivity index (χ1) is 10.1. The number of furan rings is 1. The predicted molar refractivity (Wildman–Crippen MR) is 82.0 cm³/mol. The van der Waals surface area contributed by atoms with E-state index in [0.29, 0.717) is 25.3 Å². The Balaban J connectivity index is 1.68. The quantitative estimate of drug-likeness (QED) is 0.845. The Morgan fingerprint density at radius 1 is 1.38 bits per heavy atom. The van der Waals surface area contributed by atoms with Crippen LogP contribution in [0.4, 0.5) is 0 Å². The van der Waals surface area contributed by atoms with Crippen molar-refractivity contribution < 1.29 is 14.3 Å². The lowest BCUT2D eigenvalue weighted by atomic mass is 9.87. The topological polar surface area (TPSA) is 62.5 Å². The van der Waals surface area contributed by atoms with Crippen molar-refractivity contribution >= 4 is 5.91 Å². The van der Waals surface area contributed by atoms with Crippen LogP contribution in [0.15, 0.2) is 10.5 Å². The van der Waals surface area contributed by atoms with Gasteiger partial charge in [-0.3, -0.25) is 4.79 Å². The number of aryl methyl sites for hydroxylation is 2. The lowest BCUT2D eigenvalue weighted by Crippen LogP contribution is -2.28. The van der Waals surface area contributed by atoms with E-state index in [1.165, 1.54) is 32.1 Å². The van der Waals surface area contributed by atoms with Gasteiger partial charge in [-0.1, -0.05) is 19.3 Å². The Labute approximate surface area is 126 Å². The first kappa shape index (κ1) is 16.1. The highest BCUT2D eigenvalue weighted by atomic mass is 16.3. The molecule has 1 unspecified atom stereocenters. The Bertz CT molecular complexity index is 461. The Morgan fingerprint density at radius 2 is 2.10 bits per heavy atom. The van der Waals surface area contributed by atoms with Gasteiger partial charge in [-0.05, 0) is 45.1 Å². The van der Waals surface area contributed by atoms with Crippen molar-refractivity contribution in [1.82, 2.24) is 5.32 Å². The van der Waals surface area contributed by atoms with Crippen LogP contribution in [-0.2, 0) is 4.79 Å². The van der Waals surface area contributed by atoms with Gasteiger partial charge in [0, 0.05) is 18.5 Å². The maximum absolute atomic E-state index is 11.9. The Morgan fingerprint density at radius 3 is 2.71 bits per heavy atom. The average molecular weight is 293 g/mol. The van der Waals surface area contributed by atoms with Crippen LogP contribution in [0.1, 0.15) is 68.1 Å². The molecule has 0 saturated heterocycles. The molecule has 4 nitrogen and oxygen atoms in total. The molecule has 0 aliphatic heterocycles. The van der Waals surface area contributed by atoms with Gasteiger partial charge in [-0.15, -0.1) is 0 Å². The summed E-state index contributed by atoms with van der Waals surface area (Å²) in [5, 5.41) is 13.1. The second kappa shape index (κ2) is 7.64. The van der Waals surface area contributed by atoms with E-state index in [-0.39, 0.29) is 5.91 Å². The fourth-order valence-corrected chi connectivity index (χ4v) is 3.21. The summed E-state index contributed by atoms with van der Waals surface area (Å²) in [4.78, 5) is 11.9. The van der Waals surface area contributed by atoms with Crippen LogP contribution < -0.4 is 5.32 Å². The highest BCUT2D eigenvalue weighted by Gasteiger charge is 2.18. The van der Waals surface area contributed by atoms with Crippen LogP contribution in [0.25, 0.3) is 0 Å². The second-order valence-electron chi connectivity index (χ2n) is 6.23. The zero-order valence-electron chi connectivity index (χ0n) is 13.2. The van der Waals surface area contributed by atoms with Gasteiger partial charge in [-0.2, -0.15) is 0 Å². The summed E-state index contributed by atoms with van der Waals surface area (Å²) in [6, 6.07) is 1.86. The zero-order valence-corrected chi connectivity index (χ0v) is 13.2. The monoisotopic (exact) mass is 293 g/mol. The third-order valence-electron chi connectivity index (χ3n) is 4.38. The highest BCUT2D eigenvalue weighted by Crippen LogP contribution is 2.26. The number of hydrogen-bond donors (Lipinski definition) is 2. The van der Waals surface area contributed by atoms with E-state index in [1.807, 2.05) is 19.9 Å². The van der Waals surface area contributed by atoms with Crippen molar-refractivity contribution in [2.75, 3.05) is 6.54 Å². The summed E-state index contributed by atoms with van der Waals surface area (Å²) in [5.74, 6) is 2.24. The first-order valence-corrected chi connectivity index (χ1v) is 8.08. The predicted octanol–water partition coefficient (Wildman–Crippen LogP) is 3.41. The van der Waals surface area contributed by atoms with Gasteiger partial charge < -0.3 is 14.8 Å². The van der Waals surface area contributed by atoms with E-state index in [2.05, 4.69) is 5.32 Å². The van der Waals surface area contributed by atoms with Gasteiger partial charge >= 0.3 is 0 Å². The van der Waals surface area contributed by atoms with E-state index in [4.69, 9.17) is 4.42 Å². The molecule has 0 bridgehead atoms. The van der Waals surface area contributed by atoms with Gasteiger partial charge in [0.15, 0.2) is 0 Å². The molecule has 1 heterocycles. The largest absolute Gasteiger partial charge is 0.466 e. The lowest BCUT2D eigenvalue weighted by molar-refractivity contribution is -0.122. The van der Waals surface area contributed by atoms with E-state index in [0.717, 1.165) is 17.1 Å². The minimum absolute atomic E-state index is 0.120. The molecule has 1 amide bonds. The van der Waals surface area contributed by atoms with Gasteiger partial charge in [-0.25, -0.2) is 0 Å². The van der Waals surface area contributed by atoms with Crippen LogP contribution >= 0.6 is 0 Å². The minimum Gasteiger partial charge on any atom is -0.466 e. The molecular formula is C17H27NO3. The molecule has 0 spiro atoms. The maximum atomic E-state index is 11.9. The van der Waals surface area contributed by atoms with E-state index >= 15 is 0 Å². The second-order valence-corrected chi connectivity index (χ2v) is 6.23. The number of rotatable bonds is 6. The van der Waals surface area contributed by atoms with Crippen molar-refractivity contribution in [2.45, 2.75) is 64.9 Å². The molecular weight excluding hydrogens is 266 g/mol. The van der Waals surface area contributed by atoms with Gasteiger partial charge in [0.1, 0.15) is 11.5 Å². The number of carbonyl (C=O) groups excluding carboxylic acids is 1. The molecule has 0 aromatic carbocycles. The first-order valence-electron chi connectivity index (χ1n) is 8.08. The van der Waals surface area contributed by atoms with E-state index < -0.39 is 6.10 Å². The summed E-state index contributed by atoms with van der Waals surface area (Å²) >= 11 is 0. The molecule has 1 atom stereocenters. The molecule has 4 heteroatoms. The lowest BCUT2D eigenvalue weighted by Gasteiger charge is -2.21. The average Bonchev–Trinajstić information content (AvgIpc) is 2.79. The van der Waals surface area contributed by atoms with Crippen LogP contribution in [0, 0.1) is 19.8 Å². The number of carbonyl (C=O) groups is 1. The van der Waals surface area contributed by atoms with Gasteiger partial charge in [0.05, 0.1) is 6.10 Å². The van der Waals surface area contributed by atoms with Crippen LogP contribution in [0.5, 0.6) is 0 Å². The molecule has 1 fully saturated rings. The minimum atomic E-state index is -0.572. The number of amides is 1. The summed E-state index contributed by atoms with van der Waals surface area (Å²) in [6.07, 6.45) is 6.79. The Kier molecular flexibility index (Phi) is 5.85. The molecule has 1 aliphatic rings. The fraction of sp³-hybridized carbons (Fsp3) is 0.706. The van der Waals surface area contributed by atoms with Gasteiger partial charge in [0.25, 0.3) is 0 Å². The molecule has 0 radical (unpaired) electrons. The number of aliphatic hydroxyl groups excluding tert-OH is 1. The normalized spacial score (nSPS) is 17.7. The SMILES string of the molecule is Cc1cc(C(O)CCNC(=O)CC2CCCCC2)c(C)o1. The zero-order chi connectivity index (χ0) is 15.2. The molecule has 2 rings (SSSR count). The standard InChI is InChI=1S/C17H27NO3/c1-12-10-15(13(2)21-12)16(19)8-9-18-17(20)11-14-6-4-3-5-7-14/h10,14,16,19H,3-9,11H2,1-2H3,(H,18,20). The van der Waals surface area contributed by atoms with E-state index in [1.54, 1.807) is 0 Å². The molecule has 1 aliphatic carbocycles. The number of aliphatic hydroxyl groups is 1. The number of nitrogens with one attached hydrogen (secondary N) is 1. The Hall–Kier alpha value is -1.29. The summed E-state index contributed by atoms with van der Waals surface area (Å²) in [7, 11) is 0. The van der Waals surface area contributed by atoms with Crippen molar-refractivity contribution in [3.05, 3.63) is 23.2 Å². The smallest absolute Gasteiger partial charge is 0.220 e. The third-order valence-corrected chi connectivity index (χ3v) is 4.38. The molecule has 2 N–H and O–H groups in total. The molecule has 1 aromatic heterocycles. The maximum Gasteiger partial charge on any atom is 0.220 e. The fourth-order valence-electron chi connectivity index (χ4n) is 3.21. The van der Waals surface area contributed by atoms with Crippen molar-refractivity contribution in [2.24, 2.45) is 5.92 Å². The van der Waals surface area contributed by atoms with Crippen molar-refractivity contribution in [3.63, 3.8) is 0 Å². The summed E-state index contributed by atoms with van der Waals surface area (Å²) in [5.41, 5.74) is 0.828.